The molecular weight excluding hydrogens is 260 g/mol. The molecular formula is C19H16O2. The van der Waals surface area contributed by atoms with Crippen molar-refractivity contribution >= 4 is 11.6 Å². The van der Waals surface area contributed by atoms with E-state index < -0.39 is 0 Å². The molecule has 0 unspecified atom stereocenters. The van der Waals surface area contributed by atoms with Crippen LogP contribution in [0.5, 0.6) is 0 Å². The van der Waals surface area contributed by atoms with Crippen LogP contribution in [0.25, 0.3) is 0 Å². The standard InChI is InChI=1S/C19H16O2/c1-12(20)13-6-7-14-9-19(11-16(14)8-13)10-15-4-2-3-5-17(15)18(19)21/h2-8H,9-11H2,1H3/t19-/m1/s1. The number of rotatable bonds is 1. The van der Waals surface area contributed by atoms with Crippen molar-refractivity contribution in [2.45, 2.75) is 26.2 Å². The van der Waals surface area contributed by atoms with Crippen LogP contribution in [0.1, 0.15) is 44.3 Å². The number of fused-ring (bicyclic) bond motifs is 2. The molecule has 2 aliphatic rings. The van der Waals surface area contributed by atoms with Crippen molar-refractivity contribution < 1.29 is 9.59 Å². The third-order valence-corrected chi connectivity index (χ3v) is 4.94. The van der Waals surface area contributed by atoms with Crippen molar-refractivity contribution in [1.82, 2.24) is 0 Å². The summed E-state index contributed by atoms with van der Waals surface area (Å²) in [5.74, 6) is 0.360. The van der Waals surface area contributed by atoms with Crippen molar-refractivity contribution in [3.8, 4) is 0 Å². The molecule has 0 N–H and O–H groups in total. The van der Waals surface area contributed by atoms with Crippen molar-refractivity contribution in [2.75, 3.05) is 0 Å². The summed E-state index contributed by atoms with van der Waals surface area (Å²) in [7, 11) is 0. The zero-order valence-corrected chi connectivity index (χ0v) is 12.0. The van der Waals surface area contributed by atoms with Gasteiger partial charge in [0, 0.05) is 16.5 Å². The fourth-order valence-electron chi connectivity index (χ4n) is 3.89. The van der Waals surface area contributed by atoms with E-state index >= 15 is 0 Å². The highest BCUT2D eigenvalue weighted by atomic mass is 16.1. The van der Waals surface area contributed by atoms with Gasteiger partial charge in [0.15, 0.2) is 11.6 Å². The molecule has 2 aliphatic carbocycles. The Kier molecular flexibility index (Phi) is 2.47. The molecule has 21 heavy (non-hydrogen) atoms. The van der Waals surface area contributed by atoms with E-state index in [4.69, 9.17) is 0 Å². The minimum Gasteiger partial charge on any atom is -0.295 e. The third kappa shape index (κ3) is 1.72. The first kappa shape index (κ1) is 12.5. The highest BCUT2D eigenvalue weighted by Gasteiger charge is 2.48. The summed E-state index contributed by atoms with van der Waals surface area (Å²) in [5, 5.41) is 0. The average Bonchev–Trinajstić information content (AvgIpc) is 2.97. The molecule has 1 atom stereocenters. The minimum absolute atomic E-state index is 0.0831. The van der Waals surface area contributed by atoms with Gasteiger partial charge in [-0.1, -0.05) is 36.4 Å². The molecule has 0 amide bonds. The molecule has 2 aromatic carbocycles. The van der Waals surface area contributed by atoms with E-state index in [0.29, 0.717) is 0 Å². The van der Waals surface area contributed by atoms with Gasteiger partial charge in [-0.25, -0.2) is 0 Å². The smallest absolute Gasteiger partial charge is 0.170 e. The van der Waals surface area contributed by atoms with Crippen molar-refractivity contribution in [3.63, 3.8) is 0 Å². The lowest BCUT2D eigenvalue weighted by atomic mass is 9.81. The van der Waals surface area contributed by atoms with Gasteiger partial charge in [-0.2, -0.15) is 0 Å². The van der Waals surface area contributed by atoms with Gasteiger partial charge in [0.05, 0.1) is 0 Å². The lowest BCUT2D eigenvalue weighted by Gasteiger charge is -2.20. The first-order valence-corrected chi connectivity index (χ1v) is 7.34. The average molecular weight is 276 g/mol. The van der Waals surface area contributed by atoms with Crippen LogP contribution in [-0.4, -0.2) is 11.6 Å². The number of carbonyl (C=O) groups excluding carboxylic acids is 2. The Bertz CT molecular complexity index is 788. The van der Waals surface area contributed by atoms with E-state index in [-0.39, 0.29) is 17.0 Å². The molecule has 0 aliphatic heterocycles. The molecule has 1 spiro atoms. The van der Waals surface area contributed by atoms with E-state index in [1.54, 1.807) is 6.92 Å². The normalized spacial score (nSPS) is 22.4. The van der Waals surface area contributed by atoms with Crippen molar-refractivity contribution in [1.29, 1.82) is 0 Å². The summed E-state index contributed by atoms with van der Waals surface area (Å²) >= 11 is 0. The first-order valence-electron chi connectivity index (χ1n) is 7.34. The first-order chi connectivity index (χ1) is 10.1. The van der Waals surface area contributed by atoms with Crippen molar-refractivity contribution in [3.05, 3.63) is 70.3 Å². The predicted molar refractivity (Wildman–Crippen MR) is 80.8 cm³/mol. The SMILES string of the molecule is CC(=O)c1ccc2c(c1)C[C@@]1(C2)Cc2ccccc2C1=O. The van der Waals surface area contributed by atoms with Crippen LogP contribution in [0.4, 0.5) is 0 Å². The van der Waals surface area contributed by atoms with E-state index in [1.807, 2.05) is 36.4 Å². The number of benzene rings is 2. The van der Waals surface area contributed by atoms with Crippen molar-refractivity contribution in [2.24, 2.45) is 5.41 Å². The minimum atomic E-state index is -0.304. The molecule has 0 radical (unpaired) electrons. The Morgan fingerprint density at radius 1 is 0.952 bits per heavy atom. The molecule has 0 saturated carbocycles. The summed E-state index contributed by atoms with van der Waals surface area (Å²) in [4.78, 5) is 24.4. The topological polar surface area (TPSA) is 34.1 Å². The van der Waals surface area contributed by atoms with E-state index in [1.165, 1.54) is 16.7 Å². The number of Topliss-reactive ketones (excluding diaryl/α,β-unsaturated/α-hetero) is 2. The molecule has 2 nitrogen and oxygen atoms in total. The lowest BCUT2D eigenvalue weighted by Crippen LogP contribution is -2.28. The van der Waals surface area contributed by atoms with E-state index in [2.05, 4.69) is 6.07 Å². The van der Waals surface area contributed by atoms with Crippen LogP contribution < -0.4 is 0 Å². The van der Waals surface area contributed by atoms with Crippen LogP contribution in [0.15, 0.2) is 42.5 Å². The van der Waals surface area contributed by atoms with Crippen LogP contribution in [0.3, 0.4) is 0 Å². The molecule has 104 valence electrons. The number of ketones is 2. The van der Waals surface area contributed by atoms with E-state index in [9.17, 15) is 9.59 Å². The summed E-state index contributed by atoms with van der Waals surface area (Å²) < 4.78 is 0. The molecule has 0 bridgehead atoms. The maximum Gasteiger partial charge on any atom is 0.170 e. The Balaban J connectivity index is 1.75. The highest BCUT2D eigenvalue weighted by molar-refractivity contribution is 6.05. The lowest BCUT2D eigenvalue weighted by molar-refractivity contribution is 0.0831. The maximum atomic E-state index is 12.8. The molecule has 0 saturated heterocycles. The number of hydrogen-bond acceptors (Lipinski definition) is 2. The zero-order chi connectivity index (χ0) is 14.6. The number of carbonyl (C=O) groups is 2. The van der Waals surface area contributed by atoms with Gasteiger partial charge in [-0.15, -0.1) is 0 Å². The van der Waals surface area contributed by atoms with Gasteiger partial charge in [0.2, 0.25) is 0 Å². The van der Waals surface area contributed by atoms with Gasteiger partial charge in [0.25, 0.3) is 0 Å². The summed E-state index contributed by atoms with van der Waals surface area (Å²) in [6, 6.07) is 13.8. The fraction of sp³-hybridized carbons (Fsp3) is 0.263. The summed E-state index contributed by atoms with van der Waals surface area (Å²) in [5.41, 5.74) is 4.89. The largest absolute Gasteiger partial charge is 0.295 e. The zero-order valence-electron chi connectivity index (χ0n) is 12.0. The molecule has 2 aromatic rings. The Hall–Kier alpha value is -2.22. The quantitative estimate of drug-likeness (QED) is 0.748. The molecule has 2 heteroatoms. The molecule has 0 fully saturated rings. The molecule has 0 aromatic heterocycles. The Morgan fingerprint density at radius 2 is 1.67 bits per heavy atom. The second-order valence-electron chi connectivity index (χ2n) is 6.34. The van der Waals surface area contributed by atoms with Crippen LogP contribution in [0.2, 0.25) is 0 Å². The van der Waals surface area contributed by atoms with E-state index in [0.717, 1.165) is 30.4 Å². The predicted octanol–water partition coefficient (Wildman–Crippen LogP) is 3.41. The van der Waals surface area contributed by atoms with Gasteiger partial charge >= 0.3 is 0 Å². The summed E-state index contributed by atoms with van der Waals surface area (Å²) in [6.07, 6.45) is 2.39. The Morgan fingerprint density at radius 3 is 2.43 bits per heavy atom. The highest BCUT2D eigenvalue weighted by Crippen LogP contribution is 2.47. The maximum absolute atomic E-state index is 12.8. The Labute approximate surface area is 123 Å². The molecule has 4 rings (SSSR count). The van der Waals surface area contributed by atoms with Gasteiger partial charge in [-0.05, 0) is 48.9 Å². The van der Waals surface area contributed by atoms with Gasteiger partial charge in [0.1, 0.15) is 0 Å². The van der Waals surface area contributed by atoms with Crippen LogP contribution >= 0.6 is 0 Å². The fourth-order valence-corrected chi connectivity index (χ4v) is 3.89. The summed E-state index contributed by atoms with van der Waals surface area (Å²) in [6.45, 7) is 1.59. The van der Waals surface area contributed by atoms with Crippen LogP contribution in [-0.2, 0) is 19.3 Å². The number of hydrogen-bond donors (Lipinski definition) is 0. The second-order valence-corrected chi connectivity index (χ2v) is 6.34. The monoisotopic (exact) mass is 276 g/mol. The van der Waals surface area contributed by atoms with Gasteiger partial charge in [-0.3, -0.25) is 9.59 Å². The molecule has 0 heterocycles. The van der Waals surface area contributed by atoms with Crippen LogP contribution in [0, 0.1) is 5.41 Å². The van der Waals surface area contributed by atoms with Gasteiger partial charge < -0.3 is 0 Å². The third-order valence-electron chi connectivity index (χ3n) is 4.94. The second kappa shape index (κ2) is 4.14.